The lowest BCUT2D eigenvalue weighted by Crippen LogP contribution is -2.26. The average Bonchev–Trinajstić information content (AvgIpc) is 2.29. The smallest absolute Gasteiger partial charge is 0.0591 e. The molecule has 0 spiro atoms. The van der Waals surface area contributed by atoms with Crippen LogP contribution in [0.15, 0.2) is 24.3 Å². The molecule has 1 rings (SSSR count). The van der Waals surface area contributed by atoms with Crippen molar-refractivity contribution in [2.45, 2.75) is 64.9 Å². The minimum absolute atomic E-state index is 0.129. The Labute approximate surface area is 107 Å². The Balaban J connectivity index is 2.50. The second-order valence-electron chi connectivity index (χ2n) is 5.52. The van der Waals surface area contributed by atoms with Gasteiger partial charge in [-0.3, -0.25) is 0 Å². The molecule has 1 heteroatoms. The predicted molar refractivity (Wildman–Crippen MR) is 74.9 cm³/mol. The van der Waals surface area contributed by atoms with Crippen LogP contribution in [0.2, 0.25) is 0 Å². The molecule has 1 N–H and O–H groups in total. The van der Waals surface area contributed by atoms with Crippen molar-refractivity contribution in [1.82, 2.24) is 0 Å². The Bertz CT molecular complexity index is 240. The maximum Gasteiger partial charge on any atom is 0.0591 e. The molecule has 0 saturated carbocycles. The van der Waals surface area contributed by atoms with Crippen LogP contribution in [0.1, 0.15) is 58.8 Å². The van der Waals surface area contributed by atoms with E-state index in [4.69, 9.17) is 0 Å². The van der Waals surface area contributed by atoms with E-state index in [1.54, 1.807) is 0 Å². The van der Waals surface area contributed by atoms with E-state index in [-0.39, 0.29) is 6.10 Å². The van der Waals surface area contributed by atoms with Gasteiger partial charge in [-0.25, -0.2) is 0 Å². The van der Waals surface area contributed by atoms with Crippen molar-refractivity contribution < 1.29 is 5.11 Å². The molecule has 17 heavy (non-hydrogen) atoms. The molecule has 1 nitrogen and oxygen atoms in total. The third-order valence-electron chi connectivity index (χ3n) is 3.65. The van der Waals surface area contributed by atoms with Gasteiger partial charge in [-0.05, 0) is 56.8 Å². The van der Waals surface area contributed by atoms with Gasteiger partial charge in [-0.15, -0.1) is 0 Å². The monoisotopic (exact) mass is 236 g/mol. The van der Waals surface area contributed by atoms with Crippen LogP contribution in [0.3, 0.4) is 0 Å². The van der Waals surface area contributed by atoms with Crippen LogP contribution in [-0.4, -0.2) is 11.2 Å². The summed E-state index contributed by atoms with van der Waals surface area (Å²) >= 11 is 0. The number of allylic oxidation sites excluding steroid dienone is 4. The second kappa shape index (κ2) is 8.52. The van der Waals surface area contributed by atoms with Crippen LogP contribution in [0.25, 0.3) is 0 Å². The van der Waals surface area contributed by atoms with E-state index in [0.29, 0.717) is 11.8 Å². The summed E-state index contributed by atoms with van der Waals surface area (Å²) in [6, 6.07) is 0. The van der Waals surface area contributed by atoms with Gasteiger partial charge in [0.2, 0.25) is 0 Å². The number of hydrogen-bond donors (Lipinski definition) is 1. The van der Waals surface area contributed by atoms with Gasteiger partial charge in [-0.2, -0.15) is 0 Å². The zero-order valence-electron chi connectivity index (χ0n) is 11.4. The quantitative estimate of drug-likeness (QED) is 0.701. The van der Waals surface area contributed by atoms with Crippen LogP contribution in [0, 0.1) is 11.8 Å². The summed E-state index contributed by atoms with van der Waals surface area (Å²) in [5.74, 6) is 0.861. The van der Waals surface area contributed by atoms with Gasteiger partial charge in [0.05, 0.1) is 6.10 Å². The fraction of sp³-hybridized carbons (Fsp3) is 0.750. The summed E-state index contributed by atoms with van der Waals surface area (Å²) in [5.41, 5.74) is 0. The van der Waals surface area contributed by atoms with E-state index in [1.807, 2.05) is 0 Å². The molecule has 0 heterocycles. The van der Waals surface area contributed by atoms with Crippen molar-refractivity contribution in [1.29, 1.82) is 0 Å². The molecule has 2 unspecified atom stereocenters. The first-order valence-electron chi connectivity index (χ1n) is 7.20. The molecule has 0 amide bonds. The summed E-state index contributed by atoms with van der Waals surface area (Å²) in [6.07, 6.45) is 17.2. The van der Waals surface area contributed by atoms with Crippen molar-refractivity contribution in [2.24, 2.45) is 11.8 Å². The Hall–Kier alpha value is -0.560. The van der Waals surface area contributed by atoms with Crippen LogP contribution >= 0.6 is 0 Å². The van der Waals surface area contributed by atoms with Crippen LogP contribution in [0.5, 0.6) is 0 Å². The molecule has 0 saturated heterocycles. The molecule has 1 aliphatic carbocycles. The summed E-state index contributed by atoms with van der Waals surface area (Å²) in [6.45, 7) is 4.24. The molecule has 2 atom stereocenters. The predicted octanol–water partition coefficient (Wildman–Crippen LogP) is 4.48. The van der Waals surface area contributed by atoms with E-state index in [9.17, 15) is 5.11 Å². The highest BCUT2D eigenvalue weighted by Gasteiger charge is 2.20. The topological polar surface area (TPSA) is 20.2 Å². The first-order valence-corrected chi connectivity index (χ1v) is 7.20. The SMILES string of the molecule is CC(C)C(O)C1CC/C=C\CC/C=C\CCC1. The van der Waals surface area contributed by atoms with Gasteiger partial charge in [0.15, 0.2) is 0 Å². The van der Waals surface area contributed by atoms with Gasteiger partial charge < -0.3 is 5.11 Å². The van der Waals surface area contributed by atoms with Crippen molar-refractivity contribution in [3.63, 3.8) is 0 Å². The zero-order chi connectivity index (χ0) is 12.5. The van der Waals surface area contributed by atoms with Crippen LogP contribution in [-0.2, 0) is 0 Å². The van der Waals surface area contributed by atoms with Crippen molar-refractivity contribution in [2.75, 3.05) is 0 Å². The molecular weight excluding hydrogens is 208 g/mol. The fourth-order valence-corrected chi connectivity index (χ4v) is 2.50. The standard InChI is InChI=1S/C16H28O/c1-14(2)16(17)15-12-10-8-6-4-3-5-7-9-11-13-15/h4,6-7,9,14-17H,3,5,8,10-13H2,1-2H3/b6-4-,9-7-. The third kappa shape index (κ3) is 6.07. The lowest BCUT2D eigenvalue weighted by Gasteiger charge is -2.25. The maximum absolute atomic E-state index is 10.2. The maximum atomic E-state index is 10.2. The normalized spacial score (nSPS) is 29.1. The van der Waals surface area contributed by atoms with Gasteiger partial charge >= 0.3 is 0 Å². The zero-order valence-corrected chi connectivity index (χ0v) is 11.4. The fourth-order valence-electron chi connectivity index (χ4n) is 2.50. The summed E-state index contributed by atoms with van der Waals surface area (Å²) < 4.78 is 0. The summed E-state index contributed by atoms with van der Waals surface area (Å²) in [4.78, 5) is 0. The van der Waals surface area contributed by atoms with Crippen LogP contribution < -0.4 is 0 Å². The molecular formula is C16H28O. The van der Waals surface area contributed by atoms with E-state index in [0.717, 1.165) is 25.7 Å². The van der Waals surface area contributed by atoms with Crippen molar-refractivity contribution >= 4 is 0 Å². The highest BCUT2D eigenvalue weighted by Crippen LogP contribution is 2.24. The van der Waals surface area contributed by atoms with Crippen molar-refractivity contribution in [3.05, 3.63) is 24.3 Å². The molecule has 98 valence electrons. The first kappa shape index (κ1) is 14.5. The first-order chi connectivity index (χ1) is 8.22. The molecule has 0 aliphatic heterocycles. The molecule has 0 aromatic rings. The number of rotatable bonds is 2. The molecule has 0 radical (unpaired) electrons. The second-order valence-corrected chi connectivity index (χ2v) is 5.52. The molecule has 0 bridgehead atoms. The molecule has 0 aromatic carbocycles. The van der Waals surface area contributed by atoms with E-state index in [2.05, 4.69) is 38.2 Å². The van der Waals surface area contributed by atoms with Gasteiger partial charge in [-0.1, -0.05) is 38.2 Å². The third-order valence-corrected chi connectivity index (χ3v) is 3.65. The van der Waals surface area contributed by atoms with E-state index in [1.165, 1.54) is 19.3 Å². The minimum Gasteiger partial charge on any atom is -0.393 e. The summed E-state index contributed by atoms with van der Waals surface area (Å²) in [5, 5.41) is 10.2. The van der Waals surface area contributed by atoms with Gasteiger partial charge in [0.1, 0.15) is 0 Å². The summed E-state index contributed by atoms with van der Waals surface area (Å²) in [7, 11) is 0. The van der Waals surface area contributed by atoms with E-state index < -0.39 is 0 Å². The lowest BCUT2D eigenvalue weighted by atomic mass is 9.85. The molecule has 0 fully saturated rings. The van der Waals surface area contributed by atoms with Gasteiger partial charge in [0, 0.05) is 0 Å². The van der Waals surface area contributed by atoms with Crippen molar-refractivity contribution in [3.8, 4) is 0 Å². The Kier molecular flexibility index (Phi) is 7.27. The molecule has 0 aromatic heterocycles. The number of hydrogen-bond acceptors (Lipinski definition) is 1. The van der Waals surface area contributed by atoms with Gasteiger partial charge in [0.25, 0.3) is 0 Å². The minimum atomic E-state index is -0.129. The Morgan fingerprint density at radius 2 is 1.47 bits per heavy atom. The van der Waals surface area contributed by atoms with E-state index >= 15 is 0 Å². The average molecular weight is 236 g/mol. The Morgan fingerprint density at radius 1 is 0.882 bits per heavy atom. The lowest BCUT2D eigenvalue weighted by molar-refractivity contribution is 0.0556. The number of aliphatic hydroxyl groups excluding tert-OH is 1. The highest BCUT2D eigenvalue weighted by atomic mass is 16.3. The largest absolute Gasteiger partial charge is 0.393 e. The number of aliphatic hydroxyl groups is 1. The molecule has 1 aliphatic rings. The highest BCUT2D eigenvalue weighted by molar-refractivity contribution is 4.90. The Morgan fingerprint density at radius 3 is 2.12 bits per heavy atom. The van der Waals surface area contributed by atoms with Crippen LogP contribution in [0.4, 0.5) is 0 Å².